The highest BCUT2D eigenvalue weighted by molar-refractivity contribution is 7.12. The molecular weight excluding hydrogens is 180 g/mol. The summed E-state index contributed by atoms with van der Waals surface area (Å²) in [6.45, 7) is 0. The van der Waals surface area contributed by atoms with Crippen LogP contribution in [-0.2, 0) is 0 Å². The first-order valence-corrected chi connectivity index (χ1v) is 3.86. The lowest BCUT2D eigenvalue weighted by molar-refractivity contribution is 0.0696. The summed E-state index contributed by atoms with van der Waals surface area (Å²) >= 11 is 0.985. The molecule has 0 bridgehead atoms. The SMILES string of the molecule is NNC(=O)c1ccsc1C(=O)O. The van der Waals surface area contributed by atoms with Gasteiger partial charge >= 0.3 is 5.97 Å². The van der Waals surface area contributed by atoms with E-state index in [9.17, 15) is 9.59 Å². The Labute approximate surface area is 71.8 Å². The molecule has 6 heteroatoms. The largest absolute Gasteiger partial charge is 0.477 e. The number of carbonyl (C=O) groups is 2. The van der Waals surface area contributed by atoms with Gasteiger partial charge in [-0.05, 0) is 11.4 Å². The average molecular weight is 186 g/mol. The minimum absolute atomic E-state index is 0.00190. The first-order chi connectivity index (χ1) is 5.66. The number of thiophene rings is 1. The Morgan fingerprint density at radius 2 is 2.25 bits per heavy atom. The molecule has 0 aromatic carbocycles. The number of carboxylic acid groups (broad SMARTS) is 1. The molecule has 0 unspecified atom stereocenters. The maximum Gasteiger partial charge on any atom is 0.346 e. The van der Waals surface area contributed by atoms with Crippen molar-refractivity contribution in [2.45, 2.75) is 0 Å². The molecule has 0 aliphatic rings. The minimum atomic E-state index is -1.12. The first-order valence-electron chi connectivity index (χ1n) is 2.98. The number of hydrogen-bond acceptors (Lipinski definition) is 4. The van der Waals surface area contributed by atoms with E-state index in [0.717, 1.165) is 11.3 Å². The van der Waals surface area contributed by atoms with Gasteiger partial charge in [0.1, 0.15) is 4.88 Å². The maximum absolute atomic E-state index is 10.9. The third-order valence-corrected chi connectivity index (χ3v) is 2.14. The second kappa shape index (κ2) is 3.33. The Bertz CT molecular complexity index is 320. The Kier molecular flexibility index (Phi) is 2.41. The second-order valence-electron chi connectivity index (χ2n) is 1.94. The zero-order valence-corrected chi connectivity index (χ0v) is 6.72. The van der Waals surface area contributed by atoms with E-state index in [1.54, 1.807) is 0 Å². The number of hydrogen-bond donors (Lipinski definition) is 3. The molecule has 1 amide bonds. The van der Waals surface area contributed by atoms with E-state index in [1.165, 1.54) is 11.4 Å². The highest BCUT2D eigenvalue weighted by Gasteiger charge is 2.16. The van der Waals surface area contributed by atoms with Crippen molar-refractivity contribution in [1.29, 1.82) is 0 Å². The highest BCUT2D eigenvalue weighted by atomic mass is 32.1. The van der Waals surface area contributed by atoms with E-state index in [2.05, 4.69) is 0 Å². The van der Waals surface area contributed by atoms with Crippen molar-refractivity contribution in [1.82, 2.24) is 5.43 Å². The van der Waals surface area contributed by atoms with E-state index in [0.29, 0.717) is 0 Å². The molecular formula is C6H6N2O3S. The van der Waals surface area contributed by atoms with Gasteiger partial charge in [-0.2, -0.15) is 0 Å². The number of hydrazine groups is 1. The summed E-state index contributed by atoms with van der Waals surface area (Å²) < 4.78 is 0. The van der Waals surface area contributed by atoms with Gasteiger partial charge in [-0.25, -0.2) is 10.6 Å². The average Bonchev–Trinajstić information content (AvgIpc) is 2.50. The van der Waals surface area contributed by atoms with Crippen LogP contribution in [0.3, 0.4) is 0 Å². The molecule has 1 aromatic heterocycles. The van der Waals surface area contributed by atoms with E-state index in [-0.39, 0.29) is 10.4 Å². The van der Waals surface area contributed by atoms with Gasteiger partial charge in [-0.3, -0.25) is 10.2 Å². The molecule has 0 aliphatic heterocycles. The minimum Gasteiger partial charge on any atom is -0.477 e. The van der Waals surface area contributed by atoms with Crippen LogP contribution in [0.15, 0.2) is 11.4 Å². The molecule has 5 nitrogen and oxygen atoms in total. The standard InChI is InChI=1S/C6H6N2O3S/c7-8-5(9)3-1-2-12-4(3)6(10)11/h1-2H,7H2,(H,8,9)(H,10,11). The van der Waals surface area contributed by atoms with Gasteiger partial charge in [0, 0.05) is 0 Å². The van der Waals surface area contributed by atoms with E-state index in [1.807, 2.05) is 5.43 Å². The van der Waals surface area contributed by atoms with Gasteiger partial charge < -0.3 is 5.11 Å². The molecule has 1 aromatic rings. The summed E-state index contributed by atoms with van der Waals surface area (Å²) in [4.78, 5) is 21.4. The highest BCUT2D eigenvalue weighted by Crippen LogP contribution is 2.15. The third-order valence-electron chi connectivity index (χ3n) is 1.24. The molecule has 64 valence electrons. The van der Waals surface area contributed by atoms with Crippen molar-refractivity contribution in [3.05, 3.63) is 21.9 Å². The lowest BCUT2D eigenvalue weighted by Gasteiger charge is -1.96. The number of carbonyl (C=O) groups excluding carboxylic acids is 1. The zero-order valence-electron chi connectivity index (χ0n) is 5.90. The van der Waals surface area contributed by atoms with E-state index in [4.69, 9.17) is 10.9 Å². The van der Waals surface area contributed by atoms with Crippen molar-refractivity contribution in [3.8, 4) is 0 Å². The van der Waals surface area contributed by atoms with E-state index >= 15 is 0 Å². The number of carboxylic acids is 1. The molecule has 0 radical (unpaired) electrons. The van der Waals surface area contributed by atoms with Crippen LogP contribution in [0.4, 0.5) is 0 Å². The van der Waals surface area contributed by atoms with Gasteiger partial charge in [0.2, 0.25) is 0 Å². The second-order valence-corrected chi connectivity index (χ2v) is 2.86. The molecule has 0 fully saturated rings. The number of nitrogens with two attached hydrogens (primary N) is 1. The molecule has 1 rings (SSSR count). The van der Waals surface area contributed by atoms with Crippen molar-refractivity contribution in [3.63, 3.8) is 0 Å². The summed E-state index contributed by atoms with van der Waals surface area (Å²) in [5.74, 6) is 3.13. The monoisotopic (exact) mass is 186 g/mol. The molecule has 0 saturated carbocycles. The van der Waals surface area contributed by atoms with Gasteiger partial charge in [0.15, 0.2) is 0 Å². The van der Waals surface area contributed by atoms with Crippen LogP contribution in [-0.4, -0.2) is 17.0 Å². The normalized spacial score (nSPS) is 9.42. The van der Waals surface area contributed by atoms with Crippen LogP contribution in [0.5, 0.6) is 0 Å². The van der Waals surface area contributed by atoms with E-state index < -0.39 is 11.9 Å². The van der Waals surface area contributed by atoms with Gasteiger partial charge in [-0.1, -0.05) is 0 Å². The summed E-state index contributed by atoms with van der Waals surface area (Å²) in [5.41, 5.74) is 1.96. The van der Waals surface area contributed by atoms with Gasteiger partial charge in [-0.15, -0.1) is 11.3 Å². The maximum atomic E-state index is 10.9. The predicted molar refractivity (Wildman–Crippen MR) is 42.9 cm³/mol. The van der Waals surface area contributed by atoms with Crippen LogP contribution in [0.2, 0.25) is 0 Å². The van der Waals surface area contributed by atoms with Crippen LogP contribution >= 0.6 is 11.3 Å². The number of aromatic carboxylic acids is 1. The van der Waals surface area contributed by atoms with Crippen LogP contribution in [0.1, 0.15) is 20.0 Å². The lowest BCUT2D eigenvalue weighted by atomic mass is 10.2. The van der Waals surface area contributed by atoms with Crippen molar-refractivity contribution in [2.24, 2.45) is 5.84 Å². The topological polar surface area (TPSA) is 92.4 Å². The molecule has 0 aliphatic carbocycles. The fraction of sp³-hybridized carbons (Fsp3) is 0. The summed E-state index contributed by atoms with van der Waals surface area (Å²) in [7, 11) is 0. The number of nitrogen functional groups attached to an aromatic ring is 1. The predicted octanol–water partition coefficient (Wildman–Crippen LogP) is 0.0498. The van der Waals surface area contributed by atoms with Crippen LogP contribution in [0, 0.1) is 0 Å². The molecule has 0 spiro atoms. The fourth-order valence-electron chi connectivity index (χ4n) is 0.731. The summed E-state index contributed by atoms with van der Waals surface area (Å²) in [6, 6.07) is 1.41. The Morgan fingerprint density at radius 3 is 2.75 bits per heavy atom. The summed E-state index contributed by atoms with van der Waals surface area (Å²) in [6.07, 6.45) is 0. The smallest absolute Gasteiger partial charge is 0.346 e. The Morgan fingerprint density at radius 1 is 1.58 bits per heavy atom. The van der Waals surface area contributed by atoms with Gasteiger partial charge in [0.05, 0.1) is 5.56 Å². The lowest BCUT2D eigenvalue weighted by Crippen LogP contribution is -2.30. The number of amides is 1. The molecule has 0 saturated heterocycles. The van der Waals surface area contributed by atoms with Gasteiger partial charge in [0.25, 0.3) is 5.91 Å². The Hall–Kier alpha value is -1.40. The van der Waals surface area contributed by atoms with Crippen molar-refractivity contribution >= 4 is 23.2 Å². The molecule has 4 N–H and O–H groups in total. The third kappa shape index (κ3) is 1.44. The molecule has 0 atom stereocenters. The zero-order chi connectivity index (χ0) is 9.14. The number of rotatable bonds is 2. The number of nitrogens with one attached hydrogen (secondary N) is 1. The van der Waals surface area contributed by atoms with Crippen molar-refractivity contribution in [2.75, 3.05) is 0 Å². The van der Waals surface area contributed by atoms with Crippen LogP contribution in [0.25, 0.3) is 0 Å². The van der Waals surface area contributed by atoms with Crippen molar-refractivity contribution < 1.29 is 14.7 Å². The first kappa shape index (κ1) is 8.69. The summed E-state index contributed by atoms with van der Waals surface area (Å²) in [5, 5.41) is 10.1. The molecule has 12 heavy (non-hydrogen) atoms. The Balaban J connectivity index is 3.07. The molecule has 1 heterocycles. The van der Waals surface area contributed by atoms with Crippen LogP contribution < -0.4 is 11.3 Å². The quantitative estimate of drug-likeness (QED) is 0.345. The fourth-order valence-corrected chi connectivity index (χ4v) is 1.46.